The van der Waals surface area contributed by atoms with Crippen molar-refractivity contribution in [1.29, 1.82) is 0 Å². The molecule has 0 saturated carbocycles. The average molecular weight is 181 g/mol. The molecule has 1 unspecified atom stereocenters. The second-order valence-electron chi connectivity index (χ2n) is 3.45. The van der Waals surface area contributed by atoms with Crippen molar-refractivity contribution in [2.75, 3.05) is 0 Å². The third-order valence-electron chi connectivity index (χ3n) is 2.09. The Kier molecular flexibility index (Phi) is 3.43. The quantitative estimate of drug-likeness (QED) is 0.760. The van der Waals surface area contributed by atoms with Crippen LogP contribution in [0.3, 0.4) is 0 Å². The van der Waals surface area contributed by atoms with Gasteiger partial charge in [0.2, 0.25) is 0 Å². The highest BCUT2D eigenvalue weighted by molar-refractivity contribution is 5.28. The smallest absolute Gasteiger partial charge is 0.123 e. The second kappa shape index (κ2) is 4.38. The standard InChI is InChI=1S/C11H16FN/c1-3-9-7-11(12)5-4-10(9)6-8(2)13/h4-5,7-8H,3,6,13H2,1-2H3. The molecule has 0 aliphatic heterocycles. The molecule has 1 nitrogen and oxygen atoms in total. The molecule has 0 aromatic heterocycles. The van der Waals surface area contributed by atoms with Crippen molar-refractivity contribution < 1.29 is 4.39 Å². The number of hydrogen-bond donors (Lipinski definition) is 1. The van der Waals surface area contributed by atoms with E-state index in [1.165, 1.54) is 11.6 Å². The molecule has 0 amide bonds. The summed E-state index contributed by atoms with van der Waals surface area (Å²) in [6.45, 7) is 3.99. The summed E-state index contributed by atoms with van der Waals surface area (Å²) < 4.78 is 12.8. The molecular formula is C11H16FN. The summed E-state index contributed by atoms with van der Waals surface area (Å²) in [5, 5.41) is 0. The third kappa shape index (κ3) is 2.81. The van der Waals surface area contributed by atoms with Gasteiger partial charge in [0.25, 0.3) is 0 Å². The van der Waals surface area contributed by atoms with Crippen molar-refractivity contribution in [2.45, 2.75) is 32.7 Å². The zero-order chi connectivity index (χ0) is 9.84. The van der Waals surface area contributed by atoms with Crippen LogP contribution in [0.15, 0.2) is 18.2 Å². The van der Waals surface area contributed by atoms with Crippen molar-refractivity contribution >= 4 is 0 Å². The van der Waals surface area contributed by atoms with Crippen LogP contribution in [0.4, 0.5) is 4.39 Å². The molecule has 1 atom stereocenters. The fourth-order valence-electron chi connectivity index (χ4n) is 1.47. The van der Waals surface area contributed by atoms with Gasteiger partial charge in [-0.05, 0) is 43.0 Å². The molecule has 1 aromatic carbocycles. The van der Waals surface area contributed by atoms with E-state index in [9.17, 15) is 4.39 Å². The Bertz CT molecular complexity index is 281. The van der Waals surface area contributed by atoms with Gasteiger partial charge < -0.3 is 5.73 Å². The highest BCUT2D eigenvalue weighted by Crippen LogP contribution is 2.13. The van der Waals surface area contributed by atoms with E-state index in [1.54, 1.807) is 6.07 Å². The van der Waals surface area contributed by atoms with Crippen LogP contribution >= 0.6 is 0 Å². The van der Waals surface area contributed by atoms with Gasteiger partial charge in [-0.3, -0.25) is 0 Å². The maximum Gasteiger partial charge on any atom is 0.123 e. The highest BCUT2D eigenvalue weighted by atomic mass is 19.1. The lowest BCUT2D eigenvalue weighted by atomic mass is 9.99. The van der Waals surface area contributed by atoms with Crippen LogP contribution in [0.5, 0.6) is 0 Å². The molecule has 0 saturated heterocycles. The first-order chi connectivity index (χ1) is 6.13. The predicted octanol–water partition coefficient (Wildman–Crippen LogP) is 2.28. The molecule has 0 aliphatic carbocycles. The second-order valence-corrected chi connectivity index (χ2v) is 3.45. The lowest BCUT2D eigenvalue weighted by Gasteiger charge is -2.10. The SMILES string of the molecule is CCc1cc(F)ccc1CC(C)N. The normalized spacial score (nSPS) is 12.9. The Labute approximate surface area is 78.8 Å². The summed E-state index contributed by atoms with van der Waals surface area (Å²) >= 11 is 0. The fraction of sp³-hybridized carbons (Fsp3) is 0.455. The van der Waals surface area contributed by atoms with Crippen LogP contribution < -0.4 is 5.73 Å². The molecule has 0 fully saturated rings. The van der Waals surface area contributed by atoms with Crippen molar-refractivity contribution in [3.8, 4) is 0 Å². The minimum absolute atomic E-state index is 0.135. The first kappa shape index (κ1) is 10.2. The van der Waals surface area contributed by atoms with E-state index < -0.39 is 0 Å². The highest BCUT2D eigenvalue weighted by Gasteiger charge is 2.04. The topological polar surface area (TPSA) is 26.0 Å². The van der Waals surface area contributed by atoms with Gasteiger partial charge in [-0.2, -0.15) is 0 Å². The van der Waals surface area contributed by atoms with Gasteiger partial charge in [0.05, 0.1) is 0 Å². The molecule has 0 heterocycles. The number of halogens is 1. The maximum absolute atomic E-state index is 12.8. The summed E-state index contributed by atoms with van der Waals surface area (Å²) in [4.78, 5) is 0. The van der Waals surface area contributed by atoms with Gasteiger partial charge in [-0.1, -0.05) is 13.0 Å². The summed E-state index contributed by atoms with van der Waals surface area (Å²) in [6.07, 6.45) is 1.68. The predicted molar refractivity (Wildman–Crippen MR) is 53.1 cm³/mol. The van der Waals surface area contributed by atoms with Crippen LogP contribution in [-0.4, -0.2) is 6.04 Å². The molecule has 1 aromatic rings. The first-order valence-corrected chi connectivity index (χ1v) is 4.66. The van der Waals surface area contributed by atoms with E-state index in [4.69, 9.17) is 5.73 Å². The van der Waals surface area contributed by atoms with E-state index in [0.29, 0.717) is 0 Å². The lowest BCUT2D eigenvalue weighted by Crippen LogP contribution is -2.18. The van der Waals surface area contributed by atoms with Gasteiger partial charge in [0.1, 0.15) is 5.82 Å². The zero-order valence-corrected chi connectivity index (χ0v) is 8.18. The van der Waals surface area contributed by atoms with Crippen molar-refractivity contribution in [3.05, 3.63) is 35.1 Å². The monoisotopic (exact) mass is 181 g/mol. The number of rotatable bonds is 3. The van der Waals surface area contributed by atoms with E-state index in [2.05, 4.69) is 0 Å². The molecule has 2 heteroatoms. The van der Waals surface area contributed by atoms with Crippen LogP contribution in [0.25, 0.3) is 0 Å². The third-order valence-corrected chi connectivity index (χ3v) is 2.09. The van der Waals surface area contributed by atoms with Crippen molar-refractivity contribution in [2.24, 2.45) is 5.73 Å². The molecule has 1 rings (SSSR count). The maximum atomic E-state index is 12.8. The lowest BCUT2D eigenvalue weighted by molar-refractivity contribution is 0.623. The Morgan fingerprint density at radius 3 is 2.62 bits per heavy atom. The molecule has 13 heavy (non-hydrogen) atoms. The van der Waals surface area contributed by atoms with Gasteiger partial charge in [0.15, 0.2) is 0 Å². The number of aryl methyl sites for hydroxylation is 1. The van der Waals surface area contributed by atoms with E-state index in [1.807, 2.05) is 19.9 Å². The summed E-state index contributed by atoms with van der Waals surface area (Å²) in [5.74, 6) is -0.162. The van der Waals surface area contributed by atoms with Gasteiger partial charge in [-0.15, -0.1) is 0 Å². The Morgan fingerprint density at radius 2 is 2.08 bits per heavy atom. The Morgan fingerprint density at radius 1 is 1.38 bits per heavy atom. The fourth-order valence-corrected chi connectivity index (χ4v) is 1.47. The van der Waals surface area contributed by atoms with Gasteiger partial charge >= 0.3 is 0 Å². The molecule has 0 bridgehead atoms. The summed E-state index contributed by atoms with van der Waals surface area (Å²) in [6, 6.07) is 5.06. The Hall–Kier alpha value is -0.890. The van der Waals surface area contributed by atoms with Crippen molar-refractivity contribution in [3.63, 3.8) is 0 Å². The van der Waals surface area contributed by atoms with Gasteiger partial charge in [0, 0.05) is 6.04 Å². The average Bonchev–Trinajstić information content (AvgIpc) is 2.07. The Balaban J connectivity index is 2.92. The van der Waals surface area contributed by atoms with Crippen LogP contribution in [0, 0.1) is 5.82 Å². The van der Waals surface area contributed by atoms with Crippen molar-refractivity contribution in [1.82, 2.24) is 0 Å². The molecule has 0 spiro atoms. The molecule has 0 aliphatic rings. The minimum atomic E-state index is -0.162. The van der Waals surface area contributed by atoms with Crippen LogP contribution in [0.2, 0.25) is 0 Å². The molecule has 0 radical (unpaired) electrons. The van der Waals surface area contributed by atoms with E-state index in [-0.39, 0.29) is 11.9 Å². The van der Waals surface area contributed by atoms with E-state index >= 15 is 0 Å². The summed E-state index contributed by atoms with van der Waals surface area (Å²) in [5.41, 5.74) is 7.92. The van der Waals surface area contributed by atoms with Gasteiger partial charge in [-0.25, -0.2) is 4.39 Å². The minimum Gasteiger partial charge on any atom is -0.328 e. The number of nitrogens with two attached hydrogens (primary N) is 1. The number of benzene rings is 1. The largest absolute Gasteiger partial charge is 0.328 e. The van der Waals surface area contributed by atoms with E-state index in [0.717, 1.165) is 18.4 Å². The zero-order valence-electron chi connectivity index (χ0n) is 8.18. The first-order valence-electron chi connectivity index (χ1n) is 4.66. The molecule has 2 N–H and O–H groups in total. The summed E-state index contributed by atoms with van der Waals surface area (Å²) in [7, 11) is 0. The molecule has 72 valence electrons. The van der Waals surface area contributed by atoms with Crippen LogP contribution in [-0.2, 0) is 12.8 Å². The van der Waals surface area contributed by atoms with Crippen LogP contribution in [0.1, 0.15) is 25.0 Å². The number of hydrogen-bond acceptors (Lipinski definition) is 1. The molecular weight excluding hydrogens is 165 g/mol.